The van der Waals surface area contributed by atoms with Crippen LogP contribution >= 0.6 is 0 Å². The lowest BCUT2D eigenvalue weighted by atomic mass is 9.76. The molecule has 1 aliphatic rings. The second-order valence-corrected chi connectivity index (χ2v) is 11.2. The molecule has 5 heterocycles. The lowest BCUT2D eigenvalue weighted by Gasteiger charge is -2.33. The number of para-hydroxylation sites is 2. The highest BCUT2D eigenvalue weighted by atomic mass is 15.3. The predicted molar refractivity (Wildman–Crippen MR) is 162 cm³/mol. The Labute approximate surface area is 230 Å². The summed E-state index contributed by atoms with van der Waals surface area (Å²) in [5.41, 5.74) is 9.39. The summed E-state index contributed by atoms with van der Waals surface area (Å²) in [7, 11) is 0. The summed E-state index contributed by atoms with van der Waals surface area (Å²) in [6, 6.07) is 35.1. The van der Waals surface area contributed by atoms with Gasteiger partial charge in [-0.05, 0) is 48.0 Å². The van der Waals surface area contributed by atoms with E-state index in [0.717, 1.165) is 22.7 Å². The first-order valence-electron chi connectivity index (χ1n) is 13.7. The third kappa shape index (κ3) is 2.66. The van der Waals surface area contributed by atoms with Crippen molar-refractivity contribution in [2.24, 2.45) is 0 Å². The quantitative estimate of drug-likeness (QED) is 0.233. The van der Waals surface area contributed by atoms with Crippen LogP contribution in [0.1, 0.15) is 25.0 Å². The number of nitrogens with zero attached hydrogens (tertiary/aromatic N) is 5. The first-order chi connectivity index (χ1) is 19.6. The minimum Gasteiger partial charge on any atom is -0.309 e. The van der Waals surface area contributed by atoms with E-state index in [1.165, 1.54) is 49.2 Å². The molecule has 0 fully saturated rings. The Morgan fingerprint density at radius 1 is 0.575 bits per heavy atom. The van der Waals surface area contributed by atoms with E-state index in [0.29, 0.717) is 0 Å². The number of fused-ring (bicyclic) bond motifs is 8. The molecule has 0 radical (unpaired) electrons. The van der Waals surface area contributed by atoms with Crippen LogP contribution in [0.5, 0.6) is 0 Å². The Kier molecular flexibility index (Phi) is 4.07. The smallest absolute Gasteiger partial charge is 0.141 e. The predicted octanol–water partition coefficient (Wildman–Crippen LogP) is 8.10. The van der Waals surface area contributed by atoms with E-state index < -0.39 is 0 Å². The molecule has 0 atom stereocenters. The van der Waals surface area contributed by atoms with Crippen LogP contribution in [0.2, 0.25) is 0 Å². The van der Waals surface area contributed by atoms with E-state index >= 15 is 0 Å². The maximum Gasteiger partial charge on any atom is 0.141 e. The summed E-state index contributed by atoms with van der Waals surface area (Å²) >= 11 is 0. The summed E-state index contributed by atoms with van der Waals surface area (Å²) in [4.78, 5) is 4.94. The van der Waals surface area contributed by atoms with Crippen molar-refractivity contribution in [3.63, 3.8) is 0 Å². The van der Waals surface area contributed by atoms with Crippen LogP contribution in [0.3, 0.4) is 0 Å². The number of pyridine rings is 1. The molecule has 0 bridgehead atoms. The standard InChI is InChI=1S/C35H25N5/c1-35(2)28-10-5-9-27-26-16-14-23(21-32(26)40(33(27)28)34-29(35)11-6-17-36-34)39-30-12-4-3-8-24(30)25-15-13-22(20-31(25)39)38-19-7-18-37-38/h3-21H,1-2H3. The van der Waals surface area contributed by atoms with Gasteiger partial charge in [0.15, 0.2) is 0 Å². The van der Waals surface area contributed by atoms with Crippen molar-refractivity contribution >= 4 is 43.6 Å². The minimum absolute atomic E-state index is 0.133. The lowest BCUT2D eigenvalue weighted by Crippen LogP contribution is -2.26. The van der Waals surface area contributed by atoms with Crippen molar-refractivity contribution in [2.75, 3.05) is 0 Å². The molecule has 8 aromatic rings. The van der Waals surface area contributed by atoms with Gasteiger partial charge in [-0.3, -0.25) is 4.57 Å². The Bertz CT molecular complexity index is 2300. The van der Waals surface area contributed by atoms with Crippen LogP contribution in [0, 0.1) is 0 Å². The van der Waals surface area contributed by atoms with Crippen molar-refractivity contribution in [3.05, 3.63) is 127 Å². The maximum atomic E-state index is 4.94. The Morgan fingerprint density at radius 3 is 2.17 bits per heavy atom. The highest BCUT2D eigenvalue weighted by molar-refractivity contribution is 6.13. The van der Waals surface area contributed by atoms with Crippen LogP contribution in [0.25, 0.3) is 60.8 Å². The number of hydrogen-bond donors (Lipinski definition) is 0. The molecule has 0 amide bonds. The third-order valence-electron chi connectivity index (χ3n) is 8.80. The van der Waals surface area contributed by atoms with Gasteiger partial charge in [-0.25, -0.2) is 9.67 Å². The van der Waals surface area contributed by atoms with Crippen LogP contribution in [0.15, 0.2) is 116 Å². The molecule has 40 heavy (non-hydrogen) atoms. The van der Waals surface area contributed by atoms with Gasteiger partial charge >= 0.3 is 0 Å². The highest BCUT2D eigenvalue weighted by Gasteiger charge is 2.35. The molecule has 9 rings (SSSR count). The average Bonchev–Trinajstić information content (AvgIpc) is 3.71. The van der Waals surface area contributed by atoms with Crippen molar-refractivity contribution in [3.8, 4) is 17.2 Å². The summed E-state index contributed by atoms with van der Waals surface area (Å²) in [6.45, 7) is 4.62. The normalized spacial score (nSPS) is 13.9. The maximum absolute atomic E-state index is 4.94. The van der Waals surface area contributed by atoms with Gasteiger partial charge in [0.2, 0.25) is 0 Å². The van der Waals surface area contributed by atoms with Gasteiger partial charge in [0.1, 0.15) is 5.82 Å². The van der Waals surface area contributed by atoms with Crippen LogP contribution in [-0.4, -0.2) is 23.9 Å². The molecule has 0 aliphatic carbocycles. The first-order valence-corrected chi connectivity index (χ1v) is 13.7. The molecule has 0 saturated heterocycles. The van der Waals surface area contributed by atoms with Gasteiger partial charge in [0.05, 0.1) is 27.8 Å². The second-order valence-electron chi connectivity index (χ2n) is 11.2. The summed E-state index contributed by atoms with van der Waals surface area (Å²) in [6.07, 6.45) is 5.72. The van der Waals surface area contributed by atoms with Gasteiger partial charge in [-0.2, -0.15) is 5.10 Å². The fourth-order valence-electron chi connectivity index (χ4n) is 6.93. The van der Waals surface area contributed by atoms with Gasteiger partial charge in [-0.1, -0.05) is 68.4 Å². The molecule has 0 unspecified atom stereocenters. The molecule has 0 N–H and O–H groups in total. The third-order valence-corrected chi connectivity index (χ3v) is 8.80. The molecule has 5 nitrogen and oxygen atoms in total. The van der Waals surface area contributed by atoms with Crippen molar-refractivity contribution in [1.29, 1.82) is 0 Å². The topological polar surface area (TPSA) is 40.6 Å². The first kappa shape index (κ1) is 21.7. The zero-order chi connectivity index (χ0) is 26.6. The van der Waals surface area contributed by atoms with Gasteiger partial charge in [0.25, 0.3) is 0 Å². The summed E-state index contributed by atoms with van der Waals surface area (Å²) in [5.74, 6) is 1.02. The van der Waals surface area contributed by atoms with Gasteiger partial charge in [-0.15, -0.1) is 0 Å². The SMILES string of the molecule is CC1(C)c2cccnc2-n2c3cc(-n4c5ccccc5c5ccc(-n6cccn6)cc54)ccc3c3cccc1c32. The zero-order valence-electron chi connectivity index (χ0n) is 22.2. The molecule has 190 valence electrons. The average molecular weight is 516 g/mol. The van der Waals surface area contributed by atoms with Crippen molar-refractivity contribution in [1.82, 2.24) is 23.9 Å². The molecule has 0 saturated carbocycles. The van der Waals surface area contributed by atoms with Crippen LogP contribution in [-0.2, 0) is 5.41 Å². The molecule has 0 spiro atoms. The van der Waals surface area contributed by atoms with Crippen LogP contribution in [0.4, 0.5) is 0 Å². The highest BCUT2D eigenvalue weighted by Crippen LogP contribution is 2.47. The Morgan fingerprint density at radius 2 is 1.30 bits per heavy atom. The summed E-state index contributed by atoms with van der Waals surface area (Å²) in [5, 5.41) is 9.46. The fourth-order valence-corrected chi connectivity index (χ4v) is 6.93. The second kappa shape index (κ2) is 7.48. The van der Waals surface area contributed by atoms with E-state index in [-0.39, 0.29) is 5.41 Å². The van der Waals surface area contributed by atoms with E-state index in [4.69, 9.17) is 4.98 Å². The zero-order valence-corrected chi connectivity index (χ0v) is 22.2. The Hall–Kier alpha value is -5.16. The number of aromatic nitrogens is 5. The monoisotopic (exact) mass is 515 g/mol. The largest absolute Gasteiger partial charge is 0.309 e. The lowest BCUT2D eigenvalue weighted by molar-refractivity contribution is 0.624. The van der Waals surface area contributed by atoms with E-state index in [1.807, 2.05) is 29.3 Å². The van der Waals surface area contributed by atoms with E-state index in [2.05, 4.69) is 119 Å². The van der Waals surface area contributed by atoms with Gasteiger partial charge in [0, 0.05) is 56.8 Å². The molecule has 1 aliphatic heterocycles. The Balaban J connectivity index is 1.40. The van der Waals surface area contributed by atoms with Crippen molar-refractivity contribution in [2.45, 2.75) is 19.3 Å². The van der Waals surface area contributed by atoms with Gasteiger partial charge < -0.3 is 4.57 Å². The number of rotatable bonds is 2. The fraction of sp³-hybridized carbons (Fsp3) is 0.0857. The minimum atomic E-state index is -0.133. The number of benzene rings is 4. The summed E-state index contributed by atoms with van der Waals surface area (Å²) < 4.78 is 6.68. The molecular formula is C35H25N5. The van der Waals surface area contributed by atoms with E-state index in [1.54, 1.807) is 0 Å². The molecule has 5 heteroatoms. The van der Waals surface area contributed by atoms with Crippen molar-refractivity contribution < 1.29 is 0 Å². The number of hydrogen-bond acceptors (Lipinski definition) is 2. The van der Waals surface area contributed by atoms with E-state index in [9.17, 15) is 0 Å². The van der Waals surface area contributed by atoms with Crippen LogP contribution < -0.4 is 0 Å². The molecule has 4 aromatic heterocycles. The molecule has 4 aromatic carbocycles. The molecular weight excluding hydrogens is 490 g/mol.